The van der Waals surface area contributed by atoms with Gasteiger partial charge in [-0.15, -0.1) is 0 Å². The molecule has 0 radical (unpaired) electrons. The number of rotatable bonds is 3. The zero-order valence-electron chi connectivity index (χ0n) is 9.50. The number of aromatic nitrogens is 1. The van der Waals surface area contributed by atoms with E-state index in [4.69, 9.17) is 23.2 Å². The highest BCUT2D eigenvalue weighted by molar-refractivity contribution is 9.09. The lowest BCUT2D eigenvalue weighted by molar-refractivity contribution is 0.449. The van der Waals surface area contributed by atoms with Crippen LogP contribution >= 0.6 is 39.1 Å². The summed E-state index contributed by atoms with van der Waals surface area (Å²) in [6.07, 6.45) is 6.51. The largest absolute Gasteiger partial charge is 0.352 e. The zero-order chi connectivity index (χ0) is 12.3. The van der Waals surface area contributed by atoms with Crippen molar-refractivity contribution in [1.29, 1.82) is 0 Å². The Bertz CT molecular complexity index is 385. The Morgan fingerprint density at radius 1 is 1.41 bits per heavy atom. The first kappa shape index (κ1) is 13.4. The van der Waals surface area contributed by atoms with Crippen molar-refractivity contribution in [2.24, 2.45) is 0 Å². The van der Waals surface area contributed by atoms with Crippen molar-refractivity contribution in [2.75, 3.05) is 16.8 Å². The van der Waals surface area contributed by atoms with Crippen LogP contribution in [0.1, 0.15) is 25.7 Å². The summed E-state index contributed by atoms with van der Waals surface area (Å²) in [6, 6.07) is 2.31. The van der Waals surface area contributed by atoms with E-state index in [0.717, 1.165) is 24.1 Å². The van der Waals surface area contributed by atoms with Crippen molar-refractivity contribution < 1.29 is 0 Å². The van der Waals surface area contributed by atoms with E-state index in [-0.39, 0.29) is 0 Å². The second-order valence-corrected chi connectivity index (χ2v) is 5.92. The Kier molecular flexibility index (Phi) is 4.95. The van der Waals surface area contributed by atoms with Crippen LogP contribution in [-0.2, 0) is 0 Å². The van der Waals surface area contributed by atoms with Crippen LogP contribution < -0.4 is 4.90 Å². The molecule has 1 aromatic rings. The van der Waals surface area contributed by atoms with Crippen LogP contribution in [0.2, 0.25) is 10.0 Å². The van der Waals surface area contributed by atoms with Crippen LogP contribution in [0, 0.1) is 0 Å². The molecule has 94 valence electrons. The summed E-state index contributed by atoms with van der Waals surface area (Å²) in [6.45, 7) is 1.03. The van der Waals surface area contributed by atoms with Gasteiger partial charge in [0.05, 0.1) is 10.0 Å². The summed E-state index contributed by atoms with van der Waals surface area (Å²) >= 11 is 15.6. The lowest BCUT2D eigenvalue weighted by atomic mass is 10.00. The van der Waals surface area contributed by atoms with E-state index in [1.165, 1.54) is 19.3 Å². The molecule has 1 aliphatic rings. The number of pyridine rings is 1. The molecule has 0 aromatic carbocycles. The van der Waals surface area contributed by atoms with Gasteiger partial charge in [0.25, 0.3) is 0 Å². The fraction of sp³-hybridized carbons (Fsp3) is 0.583. The molecule has 0 spiro atoms. The zero-order valence-corrected chi connectivity index (χ0v) is 12.6. The molecule has 5 heteroatoms. The van der Waals surface area contributed by atoms with Gasteiger partial charge in [-0.2, -0.15) is 0 Å². The number of nitrogens with zero attached hydrogens (tertiary/aromatic N) is 2. The summed E-state index contributed by atoms with van der Waals surface area (Å²) < 4.78 is 0. The van der Waals surface area contributed by atoms with Gasteiger partial charge in [0, 0.05) is 24.1 Å². The quantitative estimate of drug-likeness (QED) is 0.753. The van der Waals surface area contributed by atoms with Gasteiger partial charge in [-0.25, -0.2) is 4.98 Å². The van der Waals surface area contributed by atoms with Crippen molar-refractivity contribution in [2.45, 2.75) is 31.7 Å². The summed E-state index contributed by atoms with van der Waals surface area (Å²) in [5.74, 6) is 0.877. The highest BCUT2D eigenvalue weighted by Crippen LogP contribution is 2.31. The number of halogens is 3. The third kappa shape index (κ3) is 3.27. The summed E-state index contributed by atoms with van der Waals surface area (Å²) in [5, 5.41) is 2.26. The normalized spacial score (nSPS) is 20.6. The highest BCUT2D eigenvalue weighted by Gasteiger charge is 2.24. The van der Waals surface area contributed by atoms with Crippen molar-refractivity contribution in [3.63, 3.8) is 0 Å². The van der Waals surface area contributed by atoms with Gasteiger partial charge in [0.15, 0.2) is 0 Å². The first-order valence-corrected chi connectivity index (χ1v) is 7.73. The number of piperidine rings is 1. The molecule has 1 aromatic heterocycles. The Balaban J connectivity index is 2.23. The smallest absolute Gasteiger partial charge is 0.147 e. The van der Waals surface area contributed by atoms with E-state index in [2.05, 4.69) is 25.8 Å². The molecule has 2 heterocycles. The molecule has 17 heavy (non-hydrogen) atoms. The van der Waals surface area contributed by atoms with E-state index < -0.39 is 0 Å². The van der Waals surface area contributed by atoms with Crippen LogP contribution in [0.5, 0.6) is 0 Å². The van der Waals surface area contributed by atoms with Crippen LogP contribution in [0.3, 0.4) is 0 Å². The number of hydrogen-bond donors (Lipinski definition) is 0. The molecule has 1 aliphatic heterocycles. The van der Waals surface area contributed by atoms with Gasteiger partial charge in [0.2, 0.25) is 0 Å². The maximum absolute atomic E-state index is 6.23. The topological polar surface area (TPSA) is 16.1 Å². The predicted octanol–water partition coefficient (Wildman–Crippen LogP) is 4.53. The Hall–Kier alpha value is 0.01000. The van der Waals surface area contributed by atoms with Crippen LogP contribution in [-0.4, -0.2) is 22.9 Å². The average molecular weight is 338 g/mol. The molecule has 1 fully saturated rings. The number of anilines is 1. The average Bonchev–Trinajstić information content (AvgIpc) is 2.31. The lowest BCUT2D eigenvalue weighted by Gasteiger charge is -2.37. The van der Waals surface area contributed by atoms with Gasteiger partial charge < -0.3 is 4.90 Å². The molecule has 0 aliphatic carbocycles. The SMILES string of the molecule is Clc1cnc(N2CCCCC2CCBr)c(Cl)c1. The minimum absolute atomic E-state index is 0.536. The molecular weight excluding hydrogens is 323 g/mol. The van der Waals surface area contributed by atoms with E-state index in [0.29, 0.717) is 16.1 Å². The first-order valence-electron chi connectivity index (χ1n) is 5.86. The predicted molar refractivity (Wildman–Crippen MR) is 77.7 cm³/mol. The van der Waals surface area contributed by atoms with E-state index in [1.807, 2.05) is 0 Å². The fourth-order valence-electron chi connectivity index (χ4n) is 2.32. The second kappa shape index (κ2) is 6.26. The lowest BCUT2D eigenvalue weighted by Crippen LogP contribution is -2.40. The minimum atomic E-state index is 0.536. The van der Waals surface area contributed by atoms with Gasteiger partial charge >= 0.3 is 0 Å². The Labute approximate surface area is 120 Å². The Morgan fingerprint density at radius 2 is 2.24 bits per heavy atom. The van der Waals surface area contributed by atoms with Gasteiger partial charge in [-0.05, 0) is 31.7 Å². The molecule has 0 N–H and O–H groups in total. The molecule has 2 nitrogen and oxygen atoms in total. The molecule has 0 amide bonds. The van der Waals surface area contributed by atoms with Gasteiger partial charge in [0.1, 0.15) is 5.82 Å². The fourth-order valence-corrected chi connectivity index (χ4v) is 3.34. The molecule has 0 saturated carbocycles. The van der Waals surface area contributed by atoms with Crippen LogP contribution in [0.15, 0.2) is 12.3 Å². The summed E-state index contributed by atoms with van der Waals surface area (Å²) in [4.78, 5) is 6.70. The molecule has 0 bridgehead atoms. The van der Waals surface area contributed by atoms with E-state index in [9.17, 15) is 0 Å². The maximum Gasteiger partial charge on any atom is 0.147 e. The molecular formula is C12H15BrCl2N2. The van der Waals surface area contributed by atoms with Crippen molar-refractivity contribution >= 4 is 44.9 Å². The molecule has 2 rings (SSSR count). The third-order valence-electron chi connectivity index (χ3n) is 3.13. The molecule has 1 saturated heterocycles. The summed E-state index contributed by atoms with van der Waals surface area (Å²) in [5.41, 5.74) is 0. The van der Waals surface area contributed by atoms with E-state index >= 15 is 0 Å². The second-order valence-electron chi connectivity index (χ2n) is 4.28. The van der Waals surface area contributed by atoms with Crippen LogP contribution in [0.4, 0.5) is 5.82 Å². The third-order valence-corrected chi connectivity index (χ3v) is 4.07. The van der Waals surface area contributed by atoms with Crippen molar-refractivity contribution in [1.82, 2.24) is 4.98 Å². The number of alkyl halides is 1. The van der Waals surface area contributed by atoms with Crippen LogP contribution in [0.25, 0.3) is 0 Å². The van der Waals surface area contributed by atoms with Crippen molar-refractivity contribution in [3.05, 3.63) is 22.3 Å². The first-order chi connectivity index (χ1) is 8.22. The number of hydrogen-bond acceptors (Lipinski definition) is 2. The summed E-state index contributed by atoms with van der Waals surface area (Å²) in [7, 11) is 0. The highest BCUT2D eigenvalue weighted by atomic mass is 79.9. The Morgan fingerprint density at radius 3 is 2.94 bits per heavy atom. The minimum Gasteiger partial charge on any atom is -0.352 e. The molecule has 1 unspecified atom stereocenters. The monoisotopic (exact) mass is 336 g/mol. The molecule has 1 atom stereocenters. The van der Waals surface area contributed by atoms with Gasteiger partial charge in [-0.1, -0.05) is 39.1 Å². The van der Waals surface area contributed by atoms with Crippen molar-refractivity contribution in [3.8, 4) is 0 Å². The maximum atomic E-state index is 6.23. The standard InChI is InChI=1S/C12H15BrCl2N2/c13-5-4-10-3-1-2-6-17(10)12-11(15)7-9(14)8-16-12/h7-8,10H,1-6H2. The van der Waals surface area contributed by atoms with E-state index in [1.54, 1.807) is 12.3 Å². The van der Waals surface area contributed by atoms with Gasteiger partial charge in [-0.3, -0.25) is 0 Å².